The number of hydrogen-bond donors (Lipinski definition) is 2. The lowest BCUT2D eigenvalue weighted by Crippen LogP contribution is -2.51. The minimum Gasteiger partial charge on any atom is -0.465 e. The first-order valence-electron chi connectivity index (χ1n) is 6.97. The van der Waals surface area contributed by atoms with Crippen LogP contribution >= 0.6 is 0 Å². The summed E-state index contributed by atoms with van der Waals surface area (Å²) in [6, 6.07) is 10.6. The summed E-state index contributed by atoms with van der Waals surface area (Å²) >= 11 is 0. The third-order valence-electron chi connectivity index (χ3n) is 3.42. The zero-order chi connectivity index (χ0) is 13.5. The normalized spacial score (nSPS) is 23.0. The van der Waals surface area contributed by atoms with Gasteiger partial charge in [0.25, 0.3) is 0 Å². The van der Waals surface area contributed by atoms with Crippen LogP contribution in [-0.4, -0.2) is 31.2 Å². The van der Waals surface area contributed by atoms with Crippen LogP contribution in [-0.2, 0) is 16.1 Å². The van der Waals surface area contributed by atoms with Gasteiger partial charge in [-0.2, -0.15) is 0 Å². The summed E-state index contributed by atoms with van der Waals surface area (Å²) in [6.45, 7) is 3.98. The van der Waals surface area contributed by atoms with Gasteiger partial charge in [-0.05, 0) is 25.3 Å². The molecule has 1 fully saturated rings. The molecule has 1 aromatic carbocycles. The fourth-order valence-corrected chi connectivity index (χ4v) is 2.33. The van der Waals surface area contributed by atoms with Crippen molar-refractivity contribution in [2.75, 3.05) is 13.2 Å². The van der Waals surface area contributed by atoms with Crippen molar-refractivity contribution in [2.45, 2.75) is 38.4 Å². The molecule has 2 atom stereocenters. The second-order valence-corrected chi connectivity index (χ2v) is 4.85. The quantitative estimate of drug-likeness (QED) is 0.789. The SMILES string of the molecule is CCOC(=O)C1CCC(NCc2ccccc2)CN1. The Kier molecular flexibility index (Phi) is 5.36. The van der Waals surface area contributed by atoms with Crippen LogP contribution in [0.4, 0.5) is 0 Å². The minimum atomic E-state index is -0.130. The van der Waals surface area contributed by atoms with Crippen LogP contribution < -0.4 is 10.6 Å². The van der Waals surface area contributed by atoms with E-state index < -0.39 is 0 Å². The monoisotopic (exact) mass is 262 g/mol. The van der Waals surface area contributed by atoms with E-state index in [2.05, 4.69) is 22.8 Å². The Morgan fingerprint density at radius 2 is 2.16 bits per heavy atom. The molecule has 1 aliphatic heterocycles. The molecule has 2 rings (SSSR count). The lowest BCUT2D eigenvalue weighted by molar-refractivity contribution is -0.146. The molecule has 4 heteroatoms. The van der Waals surface area contributed by atoms with Crippen molar-refractivity contribution in [3.63, 3.8) is 0 Å². The van der Waals surface area contributed by atoms with Gasteiger partial charge < -0.3 is 15.4 Å². The summed E-state index contributed by atoms with van der Waals surface area (Å²) in [5.41, 5.74) is 1.29. The van der Waals surface area contributed by atoms with Crippen LogP contribution in [0.2, 0.25) is 0 Å². The lowest BCUT2D eigenvalue weighted by atomic mass is 10.0. The highest BCUT2D eigenvalue weighted by molar-refractivity contribution is 5.75. The number of carbonyl (C=O) groups is 1. The highest BCUT2D eigenvalue weighted by atomic mass is 16.5. The van der Waals surface area contributed by atoms with Crippen LogP contribution in [0.25, 0.3) is 0 Å². The zero-order valence-electron chi connectivity index (χ0n) is 11.4. The number of rotatable bonds is 5. The Labute approximate surface area is 114 Å². The zero-order valence-corrected chi connectivity index (χ0v) is 11.4. The maximum atomic E-state index is 11.6. The Morgan fingerprint density at radius 1 is 1.37 bits per heavy atom. The first-order chi connectivity index (χ1) is 9.29. The summed E-state index contributed by atoms with van der Waals surface area (Å²) in [4.78, 5) is 11.6. The van der Waals surface area contributed by atoms with E-state index >= 15 is 0 Å². The standard InChI is InChI=1S/C15H22N2O2/c1-2-19-15(18)14-9-8-13(11-17-14)16-10-12-6-4-3-5-7-12/h3-7,13-14,16-17H,2,8-11H2,1H3. The van der Waals surface area contributed by atoms with E-state index in [-0.39, 0.29) is 12.0 Å². The number of carbonyl (C=O) groups excluding carboxylic acids is 1. The van der Waals surface area contributed by atoms with Gasteiger partial charge in [-0.25, -0.2) is 0 Å². The molecule has 2 N–H and O–H groups in total. The number of hydrogen-bond acceptors (Lipinski definition) is 4. The molecule has 0 spiro atoms. The fourth-order valence-electron chi connectivity index (χ4n) is 2.33. The first kappa shape index (κ1) is 14.0. The van der Waals surface area contributed by atoms with Crippen LogP contribution in [0.15, 0.2) is 30.3 Å². The second-order valence-electron chi connectivity index (χ2n) is 4.85. The largest absolute Gasteiger partial charge is 0.465 e. The molecule has 0 aromatic heterocycles. The van der Waals surface area contributed by atoms with Gasteiger partial charge in [0.15, 0.2) is 0 Å². The smallest absolute Gasteiger partial charge is 0.323 e. The van der Waals surface area contributed by atoms with Crippen LogP contribution in [0.3, 0.4) is 0 Å². The highest BCUT2D eigenvalue weighted by Gasteiger charge is 2.26. The molecule has 0 bridgehead atoms. The van der Waals surface area contributed by atoms with Crippen molar-refractivity contribution >= 4 is 5.97 Å². The van der Waals surface area contributed by atoms with Crippen molar-refractivity contribution in [1.82, 2.24) is 10.6 Å². The van der Waals surface area contributed by atoms with Crippen LogP contribution in [0.5, 0.6) is 0 Å². The van der Waals surface area contributed by atoms with Crippen LogP contribution in [0.1, 0.15) is 25.3 Å². The average molecular weight is 262 g/mol. The molecular weight excluding hydrogens is 240 g/mol. The van der Waals surface area contributed by atoms with Crippen molar-refractivity contribution < 1.29 is 9.53 Å². The van der Waals surface area contributed by atoms with E-state index in [1.54, 1.807) is 0 Å². The first-order valence-corrected chi connectivity index (χ1v) is 6.97. The lowest BCUT2D eigenvalue weighted by Gasteiger charge is -2.29. The topological polar surface area (TPSA) is 50.4 Å². The molecule has 1 aromatic rings. The number of ether oxygens (including phenoxy) is 1. The summed E-state index contributed by atoms with van der Waals surface area (Å²) in [6.07, 6.45) is 1.84. The fraction of sp³-hybridized carbons (Fsp3) is 0.533. The highest BCUT2D eigenvalue weighted by Crippen LogP contribution is 2.10. The van der Waals surface area contributed by atoms with Gasteiger partial charge in [-0.1, -0.05) is 30.3 Å². The predicted octanol–water partition coefficient (Wildman–Crippen LogP) is 1.46. The molecule has 104 valence electrons. The molecule has 0 radical (unpaired) electrons. The van der Waals surface area contributed by atoms with Gasteiger partial charge in [-0.15, -0.1) is 0 Å². The van der Waals surface area contributed by atoms with E-state index in [9.17, 15) is 4.79 Å². The van der Waals surface area contributed by atoms with E-state index in [1.165, 1.54) is 5.56 Å². The Balaban J connectivity index is 1.70. The minimum absolute atomic E-state index is 0.121. The van der Waals surface area contributed by atoms with Gasteiger partial charge in [-0.3, -0.25) is 4.79 Å². The molecule has 0 amide bonds. The molecule has 1 saturated heterocycles. The third-order valence-corrected chi connectivity index (χ3v) is 3.42. The Morgan fingerprint density at radius 3 is 2.79 bits per heavy atom. The molecule has 2 unspecified atom stereocenters. The summed E-state index contributed by atoms with van der Waals surface area (Å²) in [5, 5.41) is 6.77. The number of benzene rings is 1. The predicted molar refractivity (Wildman–Crippen MR) is 74.7 cm³/mol. The van der Waals surface area contributed by atoms with Gasteiger partial charge >= 0.3 is 5.97 Å². The van der Waals surface area contributed by atoms with E-state index in [0.717, 1.165) is 25.9 Å². The van der Waals surface area contributed by atoms with Gasteiger partial charge in [0, 0.05) is 19.1 Å². The van der Waals surface area contributed by atoms with Crippen molar-refractivity contribution in [3.8, 4) is 0 Å². The summed E-state index contributed by atoms with van der Waals surface area (Å²) in [5.74, 6) is -0.121. The molecule has 0 saturated carbocycles. The van der Waals surface area contributed by atoms with E-state index in [1.807, 2.05) is 25.1 Å². The number of esters is 1. The average Bonchev–Trinajstić information content (AvgIpc) is 2.47. The molecular formula is C15H22N2O2. The number of piperidine rings is 1. The van der Waals surface area contributed by atoms with Gasteiger partial charge in [0.05, 0.1) is 6.61 Å². The van der Waals surface area contributed by atoms with E-state index in [4.69, 9.17) is 4.74 Å². The van der Waals surface area contributed by atoms with Gasteiger partial charge in [0.1, 0.15) is 6.04 Å². The molecule has 0 aliphatic carbocycles. The maximum absolute atomic E-state index is 11.6. The summed E-state index contributed by atoms with van der Waals surface area (Å²) in [7, 11) is 0. The Bertz CT molecular complexity index is 386. The molecule has 4 nitrogen and oxygen atoms in total. The van der Waals surface area contributed by atoms with Crippen molar-refractivity contribution in [2.24, 2.45) is 0 Å². The van der Waals surface area contributed by atoms with Gasteiger partial charge in [0.2, 0.25) is 0 Å². The van der Waals surface area contributed by atoms with E-state index in [0.29, 0.717) is 12.6 Å². The molecule has 1 aliphatic rings. The van der Waals surface area contributed by atoms with Crippen molar-refractivity contribution in [1.29, 1.82) is 0 Å². The molecule has 1 heterocycles. The molecule has 19 heavy (non-hydrogen) atoms. The van der Waals surface area contributed by atoms with Crippen LogP contribution in [0, 0.1) is 0 Å². The van der Waals surface area contributed by atoms with Crippen molar-refractivity contribution in [3.05, 3.63) is 35.9 Å². The second kappa shape index (κ2) is 7.26. The number of nitrogens with one attached hydrogen (secondary N) is 2. The summed E-state index contributed by atoms with van der Waals surface area (Å²) < 4.78 is 5.02. The third kappa shape index (κ3) is 4.33. The maximum Gasteiger partial charge on any atom is 0.323 e. The Hall–Kier alpha value is -1.39.